The highest BCUT2D eigenvalue weighted by Gasteiger charge is 2.31. The summed E-state index contributed by atoms with van der Waals surface area (Å²) in [6.45, 7) is 8.02. The molecule has 7 heteroatoms. The van der Waals surface area contributed by atoms with Crippen molar-refractivity contribution in [3.63, 3.8) is 0 Å². The number of aromatic nitrogens is 3. The van der Waals surface area contributed by atoms with Gasteiger partial charge in [-0.05, 0) is 44.4 Å². The summed E-state index contributed by atoms with van der Waals surface area (Å²) in [4.78, 5) is 4.60. The number of hydrogen-bond acceptors (Lipinski definition) is 6. The number of benzene rings is 1. The number of nitrogens with zero attached hydrogens (tertiary/aromatic N) is 3. The third-order valence-corrected chi connectivity index (χ3v) is 5.89. The van der Waals surface area contributed by atoms with Crippen LogP contribution in [0.1, 0.15) is 42.4 Å². The summed E-state index contributed by atoms with van der Waals surface area (Å²) in [5.74, 6) is 0.648. The van der Waals surface area contributed by atoms with Gasteiger partial charge in [-0.25, -0.2) is 4.98 Å². The molecule has 1 fully saturated rings. The number of nitrogens with one attached hydrogen (secondary N) is 1. The fourth-order valence-corrected chi connectivity index (χ4v) is 4.55. The fourth-order valence-electron chi connectivity index (χ4n) is 4.55. The van der Waals surface area contributed by atoms with Gasteiger partial charge < -0.3 is 19.9 Å². The molecule has 0 amide bonds. The van der Waals surface area contributed by atoms with E-state index in [0.29, 0.717) is 19.1 Å². The lowest BCUT2D eigenvalue weighted by Crippen LogP contribution is -2.19. The monoisotopic (exact) mass is 406 g/mol. The van der Waals surface area contributed by atoms with E-state index in [0.717, 1.165) is 57.9 Å². The van der Waals surface area contributed by atoms with Gasteiger partial charge in [-0.15, -0.1) is 0 Å². The normalized spacial score (nSPS) is 19.9. The molecule has 1 unspecified atom stereocenters. The minimum absolute atomic E-state index is 0.200. The molecule has 2 atom stereocenters. The van der Waals surface area contributed by atoms with Gasteiger partial charge in [0, 0.05) is 40.7 Å². The van der Waals surface area contributed by atoms with Crippen LogP contribution in [0.5, 0.6) is 5.88 Å². The first-order chi connectivity index (χ1) is 14.6. The van der Waals surface area contributed by atoms with E-state index < -0.39 is 6.23 Å². The minimum Gasteiger partial charge on any atom is -0.478 e. The van der Waals surface area contributed by atoms with Crippen LogP contribution in [0.4, 0.5) is 5.69 Å². The number of fused-ring (bicyclic) bond motifs is 3. The van der Waals surface area contributed by atoms with Crippen molar-refractivity contribution >= 4 is 5.69 Å². The van der Waals surface area contributed by atoms with Gasteiger partial charge in [-0.3, -0.25) is 4.68 Å². The molecule has 4 heterocycles. The highest BCUT2D eigenvalue weighted by molar-refractivity contribution is 5.86. The highest BCUT2D eigenvalue weighted by atomic mass is 16.5. The summed E-state index contributed by atoms with van der Waals surface area (Å²) in [5, 5.41) is 18.5. The maximum atomic E-state index is 10.7. The molecule has 7 nitrogen and oxygen atoms in total. The number of ether oxygens (including phenoxy) is 2. The standard InChI is InChI=1S/C23H26N4O3/c1-4-30-20-9-13(2)21(14(3)25-20)15-5-6-17-19(10-15)26-23(28)18-11-24-27(22(17)18)16-7-8-29-12-16/h5-6,9-11,16,23,26,28H,4,7-8,12H2,1-3H3/t16-,23?/m0/s1. The molecular weight excluding hydrogens is 380 g/mol. The number of aliphatic hydroxyl groups is 1. The van der Waals surface area contributed by atoms with E-state index in [4.69, 9.17) is 9.47 Å². The topological polar surface area (TPSA) is 81.4 Å². The Labute approximate surface area is 175 Å². The van der Waals surface area contributed by atoms with Crippen molar-refractivity contribution in [3.05, 3.63) is 47.3 Å². The molecule has 2 aliphatic heterocycles. The molecule has 3 aromatic rings. The molecule has 30 heavy (non-hydrogen) atoms. The first-order valence-electron chi connectivity index (χ1n) is 10.4. The molecule has 2 aromatic heterocycles. The molecule has 1 saturated heterocycles. The molecule has 1 aromatic carbocycles. The van der Waals surface area contributed by atoms with Gasteiger partial charge in [0.1, 0.15) is 0 Å². The third-order valence-electron chi connectivity index (χ3n) is 5.89. The first kappa shape index (κ1) is 19.1. The zero-order valence-corrected chi connectivity index (χ0v) is 17.5. The number of anilines is 1. The van der Waals surface area contributed by atoms with Crippen molar-refractivity contribution in [1.29, 1.82) is 0 Å². The van der Waals surface area contributed by atoms with Gasteiger partial charge in [0.15, 0.2) is 6.23 Å². The molecular formula is C23H26N4O3. The van der Waals surface area contributed by atoms with Gasteiger partial charge in [0.25, 0.3) is 0 Å². The predicted octanol–water partition coefficient (Wildman–Crippen LogP) is 4.01. The molecule has 0 radical (unpaired) electrons. The zero-order valence-electron chi connectivity index (χ0n) is 17.5. The number of pyridine rings is 1. The second kappa shape index (κ2) is 7.41. The third kappa shape index (κ3) is 3.05. The Hall–Kier alpha value is -2.90. The van der Waals surface area contributed by atoms with Crippen molar-refractivity contribution in [2.24, 2.45) is 0 Å². The Morgan fingerprint density at radius 1 is 1.30 bits per heavy atom. The second-order valence-electron chi connectivity index (χ2n) is 7.89. The van der Waals surface area contributed by atoms with Crippen molar-refractivity contribution in [1.82, 2.24) is 14.8 Å². The Kier molecular flexibility index (Phi) is 4.72. The van der Waals surface area contributed by atoms with Crippen LogP contribution >= 0.6 is 0 Å². The smallest absolute Gasteiger partial charge is 0.213 e. The summed E-state index contributed by atoms with van der Waals surface area (Å²) in [6.07, 6.45) is 1.90. The van der Waals surface area contributed by atoms with Crippen LogP contribution in [0.15, 0.2) is 30.5 Å². The van der Waals surface area contributed by atoms with E-state index in [-0.39, 0.29) is 6.04 Å². The number of aryl methyl sites for hydroxylation is 2. The molecule has 0 saturated carbocycles. The average Bonchev–Trinajstić information content (AvgIpc) is 3.38. The van der Waals surface area contributed by atoms with E-state index in [1.54, 1.807) is 6.20 Å². The zero-order chi connectivity index (χ0) is 20.8. The summed E-state index contributed by atoms with van der Waals surface area (Å²) < 4.78 is 13.2. The van der Waals surface area contributed by atoms with E-state index in [2.05, 4.69) is 40.5 Å². The lowest BCUT2D eigenvalue weighted by atomic mass is 9.93. The quantitative estimate of drug-likeness (QED) is 0.681. The lowest BCUT2D eigenvalue weighted by molar-refractivity contribution is 0.184. The number of rotatable bonds is 4. The van der Waals surface area contributed by atoms with Crippen LogP contribution in [-0.4, -0.2) is 39.7 Å². The van der Waals surface area contributed by atoms with E-state index in [9.17, 15) is 5.11 Å². The Balaban J connectivity index is 1.59. The van der Waals surface area contributed by atoms with Crippen molar-refractivity contribution in [3.8, 4) is 28.3 Å². The van der Waals surface area contributed by atoms with Crippen LogP contribution in [-0.2, 0) is 4.74 Å². The van der Waals surface area contributed by atoms with Crippen LogP contribution in [0, 0.1) is 13.8 Å². The largest absolute Gasteiger partial charge is 0.478 e. The maximum Gasteiger partial charge on any atom is 0.213 e. The first-order valence-corrected chi connectivity index (χ1v) is 10.4. The SMILES string of the molecule is CCOc1cc(C)c(-c2ccc3c(c2)NC(O)c2cnn([C@H]4CCOC4)c2-3)c(C)n1. The molecule has 0 bridgehead atoms. The van der Waals surface area contributed by atoms with Crippen molar-refractivity contribution < 1.29 is 14.6 Å². The van der Waals surface area contributed by atoms with Crippen LogP contribution in [0.25, 0.3) is 22.4 Å². The van der Waals surface area contributed by atoms with Gasteiger partial charge in [-0.2, -0.15) is 5.10 Å². The van der Waals surface area contributed by atoms with Crippen LogP contribution in [0.3, 0.4) is 0 Å². The summed E-state index contributed by atoms with van der Waals surface area (Å²) in [6, 6.07) is 8.47. The molecule has 0 spiro atoms. The molecule has 156 valence electrons. The Morgan fingerprint density at radius 2 is 2.17 bits per heavy atom. The molecule has 0 aliphatic carbocycles. The van der Waals surface area contributed by atoms with E-state index >= 15 is 0 Å². The van der Waals surface area contributed by atoms with Crippen molar-refractivity contribution in [2.45, 2.75) is 39.5 Å². The summed E-state index contributed by atoms with van der Waals surface area (Å²) >= 11 is 0. The Bertz CT molecular complexity index is 1080. The van der Waals surface area contributed by atoms with Crippen molar-refractivity contribution in [2.75, 3.05) is 25.1 Å². The van der Waals surface area contributed by atoms with Crippen LogP contribution < -0.4 is 10.1 Å². The molecule has 5 rings (SSSR count). The fraction of sp³-hybridized carbons (Fsp3) is 0.391. The van der Waals surface area contributed by atoms with Crippen LogP contribution in [0.2, 0.25) is 0 Å². The molecule has 2 aliphatic rings. The number of aliphatic hydroxyl groups excluding tert-OH is 1. The minimum atomic E-state index is -0.792. The van der Waals surface area contributed by atoms with Gasteiger partial charge in [-0.1, -0.05) is 12.1 Å². The summed E-state index contributed by atoms with van der Waals surface area (Å²) in [5.41, 5.74) is 7.87. The number of hydrogen-bond donors (Lipinski definition) is 2. The lowest BCUT2D eigenvalue weighted by Gasteiger charge is -2.26. The van der Waals surface area contributed by atoms with E-state index in [1.165, 1.54) is 0 Å². The maximum absolute atomic E-state index is 10.7. The predicted molar refractivity (Wildman–Crippen MR) is 115 cm³/mol. The molecule has 2 N–H and O–H groups in total. The summed E-state index contributed by atoms with van der Waals surface area (Å²) in [7, 11) is 0. The second-order valence-corrected chi connectivity index (χ2v) is 7.89. The average molecular weight is 406 g/mol. The van der Waals surface area contributed by atoms with Gasteiger partial charge >= 0.3 is 0 Å². The van der Waals surface area contributed by atoms with Gasteiger partial charge in [0.05, 0.1) is 31.1 Å². The Morgan fingerprint density at radius 3 is 2.90 bits per heavy atom. The highest BCUT2D eigenvalue weighted by Crippen LogP contribution is 2.43. The van der Waals surface area contributed by atoms with E-state index in [1.807, 2.05) is 24.6 Å². The van der Waals surface area contributed by atoms with Gasteiger partial charge in [0.2, 0.25) is 5.88 Å².